The van der Waals surface area contributed by atoms with Gasteiger partial charge in [0.1, 0.15) is 5.78 Å². The Morgan fingerprint density at radius 3 is 2.64 bits per heavy atom. The van der Waals surface area contributed by atoms with Crippen molar-refractivity contribution < 1.29 is 9.90 Å². The molecule has 1 unspecified atom stereocenters. The quantitative estimate of drug-likeness (QED) is 0.553. The largest absolute Gasteiger partial charge is 0.395 e. The van der Waals surface area contributed by atoms with Gasteiger partial charge < -0.3 is 15.6 Å². The lowest BCUT2D eigenvalue weighted by Crippen LogP contribution is -2.23. The first-order valence-electron chi connectivity index (χ1n) is 4.02. The zero-order valence-corrected chi connectivity index (χ0v) is 7.05. The van der Waals surface area contributed by atoms with Crippen LogP contribution < -0.4 is 5.73 Å². The van der Waals surface area contributed by atoms with Gasteiger partial charge in [0.2, 0.25) is 0 Å². The molecule has 0 rings (SSSR count). The maximum Gasteiger partial charge on any atom is 0.129 e. The molecule has 3 N–H and O–H groups in total. The smallest absolute Gasteiger partial charge is 0.129 e. The highest BCUT2D eigenvalue weighted by molar-refractivity contribution is 5.75. The maximum absolute atomic E-state index is 10.5. The molecule has 0 aromatic rings. The van der Waals surface area contributed by atoms with Crippen molar-refractivity contribution in [1.29, 1.82) is 0 Å². The minimum atomic E-state index is -0.109. The Hall–Kier alpha value is -0.410. The van der Waals surface area contributed by atoms with Crippen LogP contribution in [0.1, 0.15) is 32.6 Å². The molecule has 1 atom stereocenters. The third kappa shape index (κ3) is 7.49. The van der Waals surface area contributed by atoms with Crippen molar-refractivity contribution in [3.8, 4) is 0 Å². The SMILES string of the molecule is CC(=O)CCCCC(N)CO. The van der Waals surface area contributed by atoms with Gasteiger partial charge in [-0.3, -0.25) is 0 Å². The fraction of sp³-hybridized carbons (Fsp3) is 0.875. The van der Waals surface area contributed by atoms with E-state index in [0.717, 1.165) is 19.3 Å². The number of rotatable bonds is 6. The number of ketones is 1. The second-order valence-electron chi connectivity index (χ2n) is 2.89. The molecule has 0 aromatic carbocycles. The number of carbonyl (C=O) groups is 1. The zero-order valence-electron chi connectivity index (χ0n) is 7.05. The zero-order chi connectivity index (χ0) is 8.69. The molecule has 3 heteroatoms. The predicted octanol–water partition coefficient (Wildman–Crippen LogP) is 0.455. The van der Waals surface area contributed by atoms with Crippen molar-refractivity contribution in [2.45, 2.75) is 38.6 Å². The van der Waals surface area contributed by atoms with Crippen molar-refractivity contribution in [2.24, 2.45) is 5.73 Å². The first-order valence-corrected chi connectivity index (χ1v) is 4.02. The van der Waals surface area contributed by atoms with Crippen molar-refractivity contribution in [3.05, 3.63) is 0 Å². The van der Waals surface area contributed by atoms with Crippen LogP contribution in [0.25, 0.3) is 0 Å². The number of unbranched alkanes of at least 4 members (excludes halogenated alkanes) is 1. The Bertz CT molecular complexity index is 115. The van der Waals surface area contributed by atoms with Gasteiger partial charge >= 0.3 is 0 Å². The van der Waals surface area contributed by atoms with Crippen molar-refractivity contribution in [2.75, 3.05) is 6.61 Å². The highest BCUT2D eigenvalue weighted by Crippen LogP contribution is 2.01. The Balaban J connectivity index is 3.08. The van der Waals surface area contributed by atoms with Crippen LogP contribution in [0.15, 0.2) is 0 Å². The molecule has 0 aliphatic carbocycles. The Labute approximate surface area is 67.6 Å². The van der Waals surface area contributed by atoms with Gasteiger partial charge in [0.25, 0.3) is 0 Å². The van der Waals surface area contributed by atoms with Crippen molar-refractivity contribution in [3.63, 3.8) is 0 Å². The molecule has 0 aliphatic rings. The number of aliphatic hydroxyl groups excluding tert-OH is 1. The first kappa shape index (κ1) is 10.6. The van der Waals surface area contributed by atoms with Crippen molar-refractivity contribution >= 4 is 5.78 Å². The van der Waals surface area contributed by atoms with Gasteiger partial charge in [-0.25, -0.2) is 0 Å². The van der Waals surface area contributed by atoms with Crippen LogP contribution in [0.3, 0.4) is 0 Å². The van der Waals surface area contributed by atoms with E-state index in [0.29, 0.717) is 6.42 Å². The summed E-state index contributed by atoms with van der Waals surface area (Å²) >= 11 is 0. The van der Waals surface area contributed by atoms with E-state index in [1.165, 1.54) is 0 Å². The molecule has 0 saturated carbocycles. The Morgan fingerprint density at radius 1 is 1.55 bits per heavy atom. The molecular formula is C8H17NO2. The minimum Gasteiger partial charge on any atom is -0.395 e. The molecule has 0 aliphatic heterocycles. The van der Waals surface area contributed by atoms with Gasteiger partial charge in [0.15, 0.2) is 0 Å². The summed E-state index contributed by atoms with van der Waals surface area (Å²) in [5.74, 6) is 0.225. The summed E-state index contributed by atoms with van der Waals surface area (Å²) in [4.78, 5) is 10.5. The van der Waals surface area contributed by atoms with E-state index in [4.69, 9.17) is 10.8 Å². The molecule has 0 saturated heterocycles. The lowest BCUT2D eigenvalue weighted by atomic mass is 10.1. The highest BCUT2D eigenvalue weighted by Gasteiger charge is 1.99. The number of aliphatic hydroxyl groups is 1. The standard InChI is InChI=1S/C8H17NO2/c1-7(11)4-2-3-5-8(9)6-10/h8,10H,2-6,9H2,1H3. The van der Waals surface area contributed by atoms with Gasteiger partial charge in [0.05, 0.1) is 6.61 Å². The second kappa shape index (κ2) is 6.31. The van der Waals surface area contributed by atoms with Crippen LogP contribution >= 0.6 is 0 Å². The van der Waals surface area contributed by atoms with Gasteiger partial charge in [-0.15, -0.1) is 0 Å². The molecule has 66 valence electrons. The van der Waals surface area contributed by atoms with Crippen LogP contribution in [-0.2, 0) is 4.79 Å². The van der Waals surface area contributed by atoms with Crippen LogP contribution in [0.2, 0.25) is 0 Å². The molecule has 0 fully saturated rings. The van der Waals surface area contributed by atoms with Gasteiger partial charge in [-0.2, -0.15) is 0 Å². The van der Waals surface area contributed by atoms with Gasteiger partial charge in [0, 0.05) is 12.5 Å². The average Bonchev–Trinajstić information content (AvgIpc) is 1.97. The summed E-state index contributed by atoms with van der Waals surface area (Å²) in [6, 6.07) is -0.109. The van der Waals surface area contributed by atoms with E-state index >= 15 is 0 Å². The minimum absolute atomic E-state index is 0.0417. The fourth-order valence-electron chi connectivity index (χ4n) is 0.872. The second-order valence-corrected chi connectivity index (χ2v) is 2.89. The van der Waals surface area contributed by atoms with Crippen LogP contribution in [0, 0.1) is 0 Å². The molecule has 3 nitrogen and oxygen atoms in total. The Kier molecular flexibility index (Phi) is 6.07. The van der Waals surface area contributed by atoms with E-state index in [9.17, 15) is 4.79 Å². The summed E-state index contributed by atoms with van der Waals surface area (Å²) in [5.41, 5.74) is 5.45. The molecule has 0 spiro atoms. The maximum atomic E-state index is 10.5. The number of hydrogen-bond acceptors (Lipinski definition) is 3. The van der Waals surface area contributed by atoms with E-state index in [1.54, 1.807) is 6.92 Å². The average molecular weight is 159 g/mol. The molecule has 0 heterocycles. The van der Waals surface area contributed by atoms with Gasteiger partial charge in [-0.1, -0.05) is 6.42 Å². The third-order valence-corrected chi connectivity index (χ3v) is 1.59. The predicted molar refractivity (Wildman–Crippen MR) is 44.2 cm³/mol. The normalized spacial score (nSPS) is 13.0. The van der Waals surface area contributed by atoms with Crippen LogP contribution in [-0.4, -0.2) is 23.5 Å². The Morgan fingerprint density at radius 2 is 2.18 bits per heavy atom. The summed E-state index contributed by atoms with van der Waals surface area (Å²) < 4.78 is 0. The number of Topliss-reactive ketones (excluding diaryl/α,β-unsaturated/α-hetero) is 1. The number of carbonyl (C=O) groups excluding carboxylic acids is 1. The summed E-state index contributed by atoms with van der Waals surface area (Å²) in [6.45, 7) is 1.63. The lowest BCUT2D eigenvalue weighted by molar-refractivity contribution is -0.117. The first-order chi connectivity index (χ1) is 5.16. The summed E-state index contributed by atoms with van der Waals surface area (Å²) in [5, 5.41) is 8.55. The number of nitrogens with two attached hydrogens (primary N) is 1. The van der Waals surface area contributed by atoms with E-state index in [2.05, 4.69) is 0 Å². The molecule has 0 aromatic heterocycles. The lowest BCUT2D eigenvalue weighted by Gasteiger charge is -2.05. The van der Waals surface area contributed by atoms with Crippen molar-refractivity contribution in [1.82, 2.24) is 0 Å². The van der Waals surface area contributed by atoms with E-state index < -0.39 is 0 Å². The summed E-state index contributed by atoms with van der Waals surface area (Å²) in [7, 11) is 0. The summed E-state index contributed by atoms with van der Waals surface area (Å²) in [6.07, 6.45) is 3.27. The molecule has 11 heavy (non-hydrogen) atoms. The number of hydrogen-bond donors (Lipinski definition) is 2. The fourth-order valence-corrected chi connectivity index (χ4v) is 0.872. The third-order valence-electron chi connectivity index (χ3n) is 1.59. The monoisotopic (exact) mass is 159 g/mol. The van der Waals surface area contributed by atoms with Crippen LogP contribution in [0.5, 0.6) is 0 Å². The van der Waals surface area contributed by atoms with E-state index in [-0.39, 0.29) is 18.4 Å². The van der Waals surface area contributed by atoms with E-state index in [1.807, 2.05) is 0 Å². The molecule has 0 bridgehead atoms. The molecule has 0 radical (unpaired) electrons. The highest BCUT2D eigenvalue weighted by atomic mass is 16.3. The molecular weight excluding hydrogens is 142 g/mol. The topological polar surface area (TPSA) is 63.3 Å². The molecule has 0 amide bonds. The van der Waals surface area contributed by atoms with Gasteiger partial charge in [-0.05, 0) is 19.8 Å². The van der Waals surface area contributed by atoms with Crippen LogP contribution in [0.4, 0.5) is 0 Å².